The van der Waals surface area contributed by atoms with E-state index in [4.69, 9.17) is 4.74 Å². The van der Waals surface area contributed by atoms with Crippen molar-refractivity contribution < 1.29 is 9.53 Å². The second-order valence-electron chi connectivity index (χ2n) is 4.33. The molecule has 0 aliphatic rings. The van der Waals surface area contributed by atoms with Gasteiger partial charge in [-0.1, -0.05) is 32.1 Å². The van der Waals surface area contributed by atoms with Crippen molar-refractivity contribution in [3.05, 3.63) is 10.6 Å². The summed E-state index contributed by atoms with van der Waals surface area (Å²) in [7, 11) is 1.39. The SMILES string of the molecule is CCC(Nc1nc(C)c(C(=O)OC)s1)C(C)C. The number of nitrogens with zero attached hydrogens (tertiary/aromatic N) is 1. The summed E-state index contributed by atoms with van der Waals surface area (Å²) < 4.78 is 4.71. The Bertz CT molecular complexity index is 388. The van der Waals surface area contributed by atoms with E-state index in [2.05, 4.69) is 31.1 Å². The van der Waals surface area contributed by atoms with Crippen molar-refractivity contribution in [2.24, 2.45) is 5.92 Å². The second kappa shape index (κ2) is 6.00. The Kier molecular flexibility index (Phi) is 4.93. The standard InChI is InChI=1S/C12H20N2O2S/c1-6-9(7(2)3)14-12-13-8(4)10(17-12)11(15)16-5/h7,9H,6H2,1-5H3,(H,13,14). The van der Waals surface area contributed by atoms with Crippen LogP contribution in [0.3, 0.4) is 0 Å². The zero-order chi connectivity index (χ0) is 13.0. The molecule has 0 saturated heterocycles. The fraction of sp³-hybridized carbons (Fsp3) is 0.667. The molecule has 1 aromatic heterocycles. The fourth-order valence-electron chi connectivity index (χ4n) is 1.64. The molecule has 1 N–H and O–H groups in total. The molecule has 96 valence electrons. The Labute approximate surface area is 106 Å². The van der Waals surface area contributed by atoms with Crippen molar-refractivity contribution >= 4 is 22.4 Å². The molecular weight excluding hydrogens is 236 g/mol. The first-order chi connectivity index (χ1) is 7.99. The van der Waals surface area contributed by atoms with Gasteiger partial charge in [0.2, 0.25) is 0 Å². The van der Waals surface area contributed by atoms with Gasteiger partial charge in [-0.25, -0.2) is 9.78 Å². The summed E-state index contributed by atoms with van der Waals surface area (Å²) in [4.78, 5) is 16.4. The molecule has 0 radical (unpaired) electrons. The van der Waals surface area contributed by atoms with Gasteiger partial charge in [0.15, 0.2) is 5.13 Å². The van der Waals surface area contributed by atoms with Gasteiger partial charge in [-0.05, 0) is 19.3 Å². The molecule has 0 aromatic carbocycles. The van der Waals surface area contributed by atoms with E-state index in [0.717, 1.165) is 17.2 Å². The lowest BCUT2D eigenvalue weighted by Gasteiger charge is -2.19. The Morgan fingerprint density at radius 3 is 2.65 bits per heavy atom. The Balaban J connectivity index is 2.83. The van der Waals surface area contributed by atoms with Gasteiger partial charge in [-0.15, -0.1) is 0 Å². The predicted molar refractivity (Wildman–Crippen MR) is 70.7 cm³/mol. The maximum atomic E-state index is 11.5. The van der Waals surface area contributed by atoms with Crippen LogP contribution >= 0.6 is 11.3 Å². The van der Waals surface area contributed by atoms with Crippen LogP contribution in [0.4, 0.5) is 5.13 Å². The number of nitrogens with one attached hydrogen (secondary N) is 1. The summed E-state index contributed by atoms with van der Waals surface area (Å²) in [6, 6.07) is 0.381. The molecule has 0 fully saturated rings. The average molecular weight is 256 g/mol. The van der Waals surface area contributed by atoms with E-state index in [9.17, 15) is 4.79 Å². The van der Waals surface area contributed by atoms with E-state index in [1.165, 1.54) is 18.4 Å². The quantitative estimate of drug-likeness (QED) is 0.823. The lowest BCUT2D eigenvalue weighted by molar-refractivity contribution is 0.0605. The molecule has 0 spiro atoms. The molecule has 0 aliphatic heterocycles. The first kappa shape index (κ1) is 14.0. The Hall–Kier alpha value is -1.10. The molecule has 1 atom stereocenters. The molecule has 17 heavy (non-hydrogen) atoms. The molecule has 1 unspecified atom stereocenters. The summed E-state index contributed by atoms with van der Waals surface area (Å²) in [5.41, 5.74) is 0.725. The van der Waals surface area contributed by atoms with Crippen LogP contribution in [-0.4, -0.2) is 24.1 Å². The molecule has 0 saturated carbocycles. The lowest BCUT2D eigenvalue weighted by Crippen LogP contribution is -2.24. The van der Waals surface area contributed by atoms with Crippen molar-refractivity contribution in [2.45, 2.75) is 40.2 Å². The van der Waals surface area contributed by atoms with Gasteiger partial charge in [-0.2, -0.15) is 0 Å². The summed E-state index contributed by atoms with van der Waals surface area (Å²) >= 11 is 1.36. The number of hydrogen-bond acceptors (Lipinski definition) is 5. The zero-order valence-corrected chi connectivity index (χ0v) is 11.9. The van der Waals surface area contributed by atoms with Gasteiger partial charge in [0, 0.05) is 6.04 Å². The number of carbonyl (C=O) groups is 1. The highest BCUT2D eigenvalue weighted by Crippen LogP contribution is 2.25. The number of esters is 1. The van der Waals surface area contributed by atoms with E-state index >= 15 is 0 Å². The van der Waals surface area contributed by atoms with Gasteiger partial charge in [0.1, 0.15) is 4.88 Å². The van der Waals surface area contributed by atoms with Crippen LogP contribution in [0.5, 0.6) is 0 Å². The highest BCUT2D eigenvalue weighted by molar-refractivity contribution is 7.17. The topological polar surface area (TPSA) is 51.2 Å². The fourth-order valence-corrected chi connectivity index (χ4v) is 2.59. The third-order valence-electron chi connectivity index (χ3n) is 2.72. The van der Waals surface area contributed by atoms with E-state index in [1.807, 2.05) is 6.92 Å². The Morgan fingerprint density at radius 2 is 2.18 bits per heavy atom. The van der Waals surface area contributed by atoms with Crippen LogP contribution in [-0.2, 0) is 4.74 Å². The van der Waals surface area contributed by atoms with E-state index < -0.39 is 0 Å². The summed E-state index contributed by atoms with van der Waals surface area (Å²) in [6.07, 6.45) is 1.03. The number of methoxy groups -OCH3 is 1. The van der Waals surface area contributed by atoms with Crippen molar-refractivity contribution in [1.82, 2.24) is 4.98 Å². The number of anilines is 1. The number of thiazole rings is 1. The van der Waals surface area contributed by atoms with Gasteiger partial charge in [0.05, 0.1) is 12.8 Å². The maximum absolute atomic E-state index is 11.5. The molecule has 1 aromatic rings. The van der Waals surface area contributed by atoms with Crippen LogP contribution in [0.25, 0.3) is 0 Å². The van der Waals surface area contributed by atoms with Crippen LogP contribution in [0.1, 0.15) is 42.6 Å². The predicted octanol–water partition coefficient (Wildman–Crippen LogP) is 3.08. The largest absolute Gasteiger partial charge is 0.465 e. The lowest BCUT2D eigenvalue weighted by atomic mass is 10.0. The number of aryl methyl sites for hydroxylation is 1. The van der Waals surface area contributed by atoms with Crippen molar-refractivity contribution in [2.75, 3.05) is 12.4 Å². The molecule has 0 bridgehead atoms. The van der Waals surface area contributed by atoms with E-state index in [1.54, 1.807) is 0 Å². The smallest absolute Gasteiger partial charge is 0.350 e. The minimum atomic E-state index is -0.314. The highest BCUT2D eigenvalue weighted by Gasteiger charge is 2.18. The highest BCUT2D eigenvalue weighted by atomic mass is 32.1. The monoisotopic (exact) mass is 256 g/mol. The van der Waals surface area contributed by atoms with Crippen molar-refractivity contribution in [3.63, 3.8) is 0 Å². The molecule has 4 nitrogen and oxygen atoms in total. The second-order valence-corrected chi connectivity index (χ2v) is 5.33. The molecule has 0 amide bonds. The van der Waals surface area contributed by atoms with E-state index in [-0.39, 0.29) is 5.97 Å². The molecule has 0 aliphatic carbocycles. The van der Waals surface area contributed by atoms with Crippen LogP contribution < -0.4 is 5.32 Å². The van der Waals surface area contributed by atoms with Gasteiger partial charge >= 0.3 is 5.97 Å². The van der Waals surface area contributed by atoms with Gasteiger partial charge in [0.25, 0.3) is 0 Å². The summed E-state index contributed by atoms with van der Waals surface area (Å²) in [5.74, 6) is 0.219. The number of aromatic nitrogens is 1. The molecule has 1 rings (SSSR count). The third kappa shape index (κ3) is 3.43. The number of rotatable bonds is 5. The van der Waals surface area contributed by atoms with E-state index in [0.29, 0.717) is 16.8 Å². The zero-order valence-electron chi connectivity index (χ0n) is 11.0. The minimum Gasteiger partial charge on any atom is -0.465 e. The van der Waals surface area contributed by atoms with Gasteiger partial charge in [-0.3, -0.25) is 0 Å². The summed E-state index contributed by atoms with van der Waals surface area (Å²) in [6.45, 7) is 8.30. The molecule has 5 heteroatoms. The van der Waals surface area contributed by atoms with Gasteiger partial charge < -0.3 is 10.1 Å². The Morgan fingerprint density at radius 1 is 1.53 bits per heavy atom. The van der Waals surface area contributed by atoms with Crippen molar-refractivity contribution in [1.29, 1.82) is 0 Å². The normalized spacial score (nSPS) is 12.6. The van der Waals surface area contributed by atoms with Crippen LogP contribution in [0.2, 0.25) is 0 Å². The number of hydrogen-bond donors (Lipinski definition) is 1. The first-order valence-electron chi connectivity index (χ1n) is 5.81. The molecule has 1 heterocycles. The number of carbonyl (C=O) groups excluding carboxylic acids is 1. The van der Waals surface area contributed by atoms with Crippen molar-refractivity contribution in [3.8, 4) is 0 Å². The first-order valence-corrected chi connectivity index (χ1v) is 6.63. The van der Waals surface area contributed by atoms with Crippen LogP contribution in [0, 0.1) is 12.8 Å². The molecular formula is C12H20N2O2S. The summed E-state index contributed by atoms with van der Waals surface area (Å²) in [5, 5.41) is 4.16. The van der Waals surface area contributed by atoms with Crippen LogP contribution in [0.15, 0.2) is 0 Å². The number of ether oxygens (including phenoxy) is 1. The average Bonchev–Trinajstić information content (AvgIpc) is 2.65. The minimum absolute atomic E-state index is 0.314. The third-order valence-corrected chi connectivity index (χ3v) is 3.79. The maximum Gasteiger partial charge on any atom is 0.350 e.